The van der Waals surface area contributed by atoms with Crippen LogP contribution in [0.25, 0.3) is 0 Å². The van der Waals surface area contributed by atoms with Gasteiger partial charge in [-0.05, 0) is 38.5 Å². The number of amides is 1. The number of hydrogen-bond acceptors (Lipinski definition) is 2. The van der Waals surface area contributed by atoms with Gasteiger partial charge in [-0.15, -0.1) is 6.42 Å². The Bertz CT molecular complexity index is 512. The molecule has 0 unspecified atom stereocenters. The average Bonchev–Trinajstić information content (AvgIpc) is 2.29. The first-order valence-electron chi connectivity index (χ1n) is 5.92. The largest absolute Gasteiger partial charge is 0.444 e. The van der Waals surface area contributed by atoms with Gasteiger partial charge in [0.2, 0.25) is 0 Å². The molecule has 102 valence electrons. The van der Waals surface area contributed by atoms with Crippen molar-refractivity contribution in [1.29, 1.82) is 0 Å². The molecule has 1 rings (SSSR count). The van der Waals surface area contributed by atoms with E-state index in [-0.39, 0.29) is 6.09 Å². The van der Waals surface area contributed by atoms with E-state index < -0.39 is 5.60 Å². The van der Waals surface area contributed by atoms with E-state index in [0.29, 0.717) is 17.1 Å². The van der Waals surface area contributed by atoms with E-state index in [9.17, 15) is 4.79 Å². The molecule has 1 aromatic carbocycles. The van der Waals surface area contributed by atoms with Gasteiger partial charge < -0.3 is 9.64 Å². The quantitative estimate of drug-likeness (QED) is 0.773. The molecule has 0 aliphatic rings. The summed E-state index contributed by atoms with van der Waals surface area (Å²) < 4.78 is 5.27. The molecule has 0 radical (unpaired) electrons. The second kappa shape index (κ2) is 5.99. The van der Waals surface area contributed by atoms with Gasteiger partial charge in [-0.3, -0.25) is 0 Å². The van der Waals surface area contributed by atoms with Gasteiger partial charge in [0.1, 0.15) is 5.60 Å². The number of hydrogen-bond donors (Lipinski definition) is 0. The Morgan fingerprint density at radius 1 is 1.47 bits per heavy atom. The minimum absolute atomic E-state index is 0.371. The van der Waals surface area contributed by atoms with E-state index >= 15 is 0 Å². The lowest BCUT2D eigenvalue weighted by Crippen LogP contribution is -2.33. The summed E-state index contributed by atoms with van der Waals surface area (Å²) >= 11 is 5.93. The van der Waals surface area contributed by atoms with Crippen molar-refractivity contribution < 1.29 is 9.53 Å². The lowest BCUT2D eigenvalue weighted by Gasteiger charge is -2.24. The van der Waals surface area contributed by atoms with Gasteiger partial charge in [0.25, 0.3) is 0 Å². The van der Waals surface area contributed by atoms with Gasteiger partial charge in [0, 0.05) is 19.2 Å². The zero-order valence-corrected chi connectivity index (χ0v) is 12.4. The number of ether oxygens (including phenoxy) is 1. The lowest BCUT2D eigenvalue weighted by atomic mass is 10.1. The maximum Gasteiger partial charge on any atom is 0.410 e. The van der Waals surface area contributed by atoms with Crippen LogP contribution < -0.4 is 0 Å². The molecule has 0 bridgehead atoms. The fraction of sp³-hybridized carbons (Fsp3) is 0.400. The molecule has 0 N–H and O–H groups in total. The monoisotopic (exact) mass is 279 g/mol. The topological polar surface area (TPSA) is 29.5 Å². The zero-order valence-electron chi connectivity index (χ0n) is 11.7. The molecular weight excluding hydrogens is 262 g/mol. The maximum atomic E-state index is 11.8. The van der Waals surface area contributed by atoms with Crippen molar-refractivity contribution in [2.24, 2.45) is 0 Å². The third-order valence-corrected chi connectivity index (χ3v) is 2.64. The molecule has 1 amide bonds. The number of benzene rings is 1. The van der Waals surface area contributed by atoms with Crippen LogP contribution in [0.15, 0.2) is 18.2 Å². The molecule has 0 fully saturated rings. The predicted octanol–water partition coefficient (Wildman–Crippen LogP) is 3.69. The van der Waals surface area contributed by atoms with Crippen molar-refractivity contribution in [3.8, 4) is 12.3 Å². The molecule has 0 atom stereocenters. The summed E-state index contributed by atoms with van der Waals surface area (Å²) in [5.74, 6) is 2.51. The van der Waals surface area contributed by atoms with Crippen LogP contribution in [-0.2, 0) is 11.3 Å². The smallest absolute Gasteiger partial charge is 0.410 e. The third kappa shape index (κ3) is 4.84. The van der Waals surface area contributed by atoms with Gasteiger partial charge in [-0.1, -0.05) is 23.6 Å². The predicted molar refractivity (Wildman–Crippen MR) is 77.1 cm³/mol. The molecule has 0 saturated carbocycles. The van der Waals surface area contributed by atoms with Crippen LogP contribution in [-0.4, -0.2) is 23.6 Å². The molecule has 0 aliphatic carbocycles. The summed E-state index contributed by atoms with van der Waals surface area (Å²) in [5, 5.41) is 0.533. The Balaban J connectivity index is 2.75. The summed E-state index contributed by atoms with van der Waals surface area (Å²) in [6.07, 6.45) is 4.98. The third-order valence-electron chi connectivity index (χ3n) is 2.31. The van der Waals surface area contributed by atoms with Crippen LogP contribution in [0.3, 0.4) is 0 Å². The van der Waals surface area contributed by atoms with E-state index in [4.69, 9.17) is 22.8 Å². The number of halogens is 1. The Hall–Kier alpha value is -1.66. The van der Waals surface area contributed by atoms with Crippen molar-refractivity contribution in [2.45, 2.75) is 32.9 Å². The summed E-state index contributed by atoms with van der Waals surface area (Å²) in [4.78, 5) is 13.3. The molecule has 0 heterocycles. The Morgan fingerprint density at radius 2 is 2.11 bits per heavy atom. The highest BCUT2D eigenvalue weighted by molar-refractivity contribution is 6.31. The van der Waals surface area contributed by atoms with E-state index in [0.717, 1.165) is 5.56 Å². The van der Waals surface area contributed by atoms with Gasteiger partial charge in [0.05, 0.1) is 5.02 Å². The van der Waals surface area contributed by atoms with Gasteiger partial charge >= 0.3 is 6.09 Å². The molecular formula is C15H18ClNO2. The summed E-state index contributed by atoms with van der Waals surface area (Å²) in [6.45, 7) is 5.91. The number of carbonyl (C=O) groups is 1. The molecule has 0 aromatic heterocycles. The lowest BCUT2D eigenvalue weighted by molar-refractivity contribution is 0.0285. The molecule has 4 heteroatoms. The number of terminal acetylenes is 1. The number of nitrogens with zero attached hydrogens (tertiary/aromatic N) is 1. The van der Waals surface area contributed by atoms with Gasteiger partial charge in [0.15, 0.2) is 0 Å². The fourth-order valence-corrected chi connectivity index (χ4v) is 1.63. The zero-order chi connectivity index (χ0) is 14.6. The Labute approximate surface area is 119 Å². The van der Waals surface area contributed by atoms with E-state index in [1.807, 2.05) is 26.8 Å². The van der Waals surface area contributed by atoms with Gasteiger partial charge in [-0.2, -0.15) is 0 Å². The van der Waals surface area contributed by atoms with Crippen molar-refractivity contribution in [3.05, 3.63) is 34.3 Å². The standard InChI is InChI=1S/C15H18ClNO2/c1-6-12-9-11(7-8-13(12)16)10-17(5)14(18)19-15(2,3)4/h1,7-9H,10H2,2-5H3. The summed E-state index contributed by atoms with van der Waals surface area (Å²) in [7, 11) is 1.68. The SMILES string of the molecule is C#Cc1cc(CN(C)C(=O)OC(C)(C)C)ccc1Cl. The van der Waals surface area contributed by atoms with Crippen LogP contribution in [0, 0.1) is 12.3 Å². The number of carbonyl (C=O) groups excluding carboxylic acids is 1. The maximum absolute atomic E-state index is 11.8. The second-order valence-electron chi connectivity index (χ2n) is 5.29. The van der Waals surface area contributed by atoms with Gasteiger partial charge in [-0.25, -0.2) is 4.79 Å². The van der Waals surface area contributed by atoms with E-state index in [2.05, 4.69) is 5.92 Å². The van der Waals surface area contributed by atoms with Crippen molar-refractivity contribution in [3.63, 3.8) is 0 Å². The summed E-state index contributed by atoms with van der Waals surface area (Å²) in [5.41, 5.74) is 1.03. The highest BCUT2D eigenvalue weighted by atomic mass is 35.5. The van der Waals surface area contributed by atoms with E-state index in [1.165, 1.54) is 4.90 Å². The number of rotatable bonds is 2. The van der Waals surface area contributed by atoms with Crippen LogP contribution in [0.5, 0.6) is 0 Å². The molecule has 0 spiro atoms. The molecule has 19 heavy (non-hydrogen) atoms. The van der Waals surface area contributed by atoms with Crippen molar-refractivity contribution >= 4 is 17.7 Å². The summed E-state index contributed by atoms with van der Waals surface area (Å²) in [6, 6.07) is 5.36. The van der Waals surface area contributed by atoms with Crippen LogP contribution in [0.4, 0.5) is 4.79 Å². The Morgan fingerprint density at radius 3 is 2.63 bits per heavy atom. The Kier molecular flexibility index (Phi) is 4.85. The minimum atomic E-state index is -0.505. The van der Waals surface area contributed by atoms with E-state index in [1.54, 1.807) is 19.2 Å². The molecule has 1 aromatic rings. The van der Waals surface area contributed by atoms with Crippen molar-refractivity contribution in [2.75, 3.05) is 7.05 Å². The minimum Gasteiger partial charge on any atom is -0.444 e. The van der Waals surface area contributed by atoms with Crippen molar-refractivity contribution in [1.82, 2.24) is 4.90 Å². The first-order valence-corrected chi connectivity index (χ1v) is 6.30. The van der Waals surface area contributed by atoms with Crippen LogP contribution in [0.1, 0.15) is 31.9 Å². The molecule has 0 aliphatic heterocycles. The highest BCUT2D eigenvalue weighted by Crippen LogP contribution is 2.18. The van der Waals surface area contributed by atoms with Crippen LogP contribution >= 0.6 is 11.6 Å². The first kappa shape index (κ1) is 15.4. The average molecular weight is 280 g/mol. The highest BCUT2D eigenvalue weighted by Gasteiger charge is 2.19. The second-order valence-corrected chi connectivity index (χ2v) is 5.70. The van der Waals surface area contributed by atoms with Crippen LogP contribution in [0.2, 0.25) is 5.02 Å². The molecule has 0 saturated heterocycles. The fourth-order valence-electron chi connectivity index (χ4n) is 1.46. The first-order chi connectivity index (χ1) is 8.73. The normalized spacial score (nSPS) is 10.7. The molecule has 3 nitrogen and oxygen atoms in total.